The van der Waals surface area contributed by atoms with Crippen molar-refractivity contribution in [1.82, 2.24) is 0 Å². The molecule has 112 valence electrons. The van der Waals surface area contributed by atoms with Gasteiger partial charge in [0, 0.05) is 16.6 Å². The molecule has 0 bridgehead atoms. The Hall–Kier alpha value is -0.930. The molecule has 1 aromatic rings. The average Bonchev–Trinajstić information content (AvgIpc) is 2.40. The highest BCUT2D eigenvalue weighted by Gasteiger charge is 2.32. The summed E-state index contributed by atoms with van der Waals surface area (Å²) >= 11 is 6.42. The number of rotatable bonds is 4. The van der Waals surface area contributed by atoms with E-state index in [-0.39, 0.29) is 11.6 Å². The van der Waals surface area contributed by atoms with Crippen LogP contribution in [0.4, 0.5) is 0 Å². The SMILES string of the molecule is COc1cc(Cl)c(C2(N)CCCCC2)cc1OC(C)C. The van der Waals surface area contributed by atoms with E-state index in [9.17, 15) is 0 Å². The molecule has 1 aliphatic rings. The van der Waals surface area contributed by atoms with Crippen LogP contribution in [0.3, 0.4) is 0 Å². The minimum absolute atomic E-state index is 0.0815. The maximum atomic E-state index is 6.59. The highest BCUT2D eigenvalue weighted by molar-refractivity contribution is 6.31. The van der Waals surface area contributed by atoms with E-state index in [1.807, 2.05) is 26.0 Å². The summed E-state index contributed by atoms with van der Waals surface area (Å²) in [6.07, 6.45) is 5.58. The molecule has 0 amide bonds. The monoisotopic (exact) mass is 297 g/mol. The highest BCUT2D eigenvalue weighted by atomic mass is 35.5. The molecule has 2 rings (SSSR count). The Bertz CT molecular complexity index is 468. The van der Waals surface area contributed by atoms with Gasteiger partial charge >= 0.3 is 0 Å². The lowest BCUT2D eigenvalue weighted by atomic mass is 9.77. The standard InChI is InChI=1S/C16H24ClNO2/c1-11(2)20-15-9-12(13(17)10-14(15)19-3)16(18)7-5-4-6-8-16/h9-11H,4-8,18H2,1-3H3. The van der Waals surface area contributed by atoms with E-state index in [0.717, 1.165) is 37.0 Å². The van der Waals surface area contributed by atoms with E-state index >= 15 is 0 Å². The number of benzene rings is 1. The first-order valence-electron chi connectivity index (χ1n) is 7.30. The largest absolute Gasteiger partial charge is 0.493 e. The molecule has 0 aromatic heterocycles. The van der Waals surface area contributed by atoms with Gasteiger partial charge < -0.3 is 15.2 Å². The Balaban J connectivity index is 2.42. The minimum atomic E-state index is -0.337. The van der Waals surface area contributed by atoms with Crippen molar-refractivity contribution in [2.75, 3.05) is 7.11 Å². The van der Waals surface area contributed by atoms with Crippen LogP contribution in [-0.4, -0.2) is 13.2 Å². The molecule has 2 N–H and O–H groups in total. The van der Waals surface area contributed by atoms with Gasteiger partial charge in [-0.2, -0.15) is 0 Å². The maximum absolute atomic E-state index is 6.59. The van der Waals surface area contributed by atoms with Gasteiger partial charge in [-0.3, -0.25) is 0 Å². The number of methoxy groups -OCH3 is 1. The summed E-state index contributed by atoms with van der Waals surface area (Å²) in [7, 11) is 1.62. The molecule has 0 spiro atoms. The number of hydrogen-bond acceptors (Lipinski definition) is 3. The van der Waals surface area contributed by atoms with Crippen LogP contribution in [0.25, 0.3) is 0 Å². The minimum Gasteiger partial charge on any atom is -0.493 e. The average molecular weight is 298 g/mol. The van der Waals surface area contributed by atoms with E-state index < -0.39 is 0 Å². The van der Waals surface area contributed by atoms with Gasteiger partial charge in [0.25, 0.3) is 0 Å². The summed E-state index contributed by atoms with van der Waals surface area (Å²) in [5.41, 5.74) is 7.24. The zero-order valence-corrected chi connectivity index (χ0v) is 13.3. The predicted octanol–water partition coefficient (Wildman–Crippen LogP) is 4.25. The van der Waals surface area contributed by atoms with Crippen LogP contribution in [0.15, 0.2) is 12.1 Å². The number of ether oxygens (including phenoxy) is 2. The lowest BCUT2D eigenvalue weighted by Gasteiger charge is -2.35. The highest BCUT2D eigenvalue weighted by Crippen LogP contribution is 2.43. The van der Waals surface area contributed by atoms with Crippen LogP contribution in [0.1, 0.15) is 51.5 Å². The van der Waals surface area contributed by atoms with Gasteiger partial charge in [0.1, 0.15) is 0 Å². The molecule has 20 heavy (non-hydrogen) atoms. The molecule has 0 radical (unpaired) electrons. The van der Waals surface area contributed by atoms with Gasteiger partial charge in [-0.25, -0.2) is 0 Å². The molecule has 1 aromatic carbocycles. The zero-order valence-electron chi connectivity index (χ0n) is 12.5. The van der Waals surface area contributed by atoms with Gasteiger partial charge in [-0.05, 0) is 38.3 Å². The van der Waals surface area contributed by atoms with Gasteiger partial charge in [0.15, 0.2) is 11.5 Å². The molecule has 0 aliphatic heterocycles. The summed E-state index contributed by atoms with van der Waals surface area (Å²) in [6, 6.07) is 3.78. The lowest BCUT2D eigenvalue weighted by molar-refractivity contribution is 0.228. The summed E-state index contributed by atoms with van der Waals surface area (Å²) < 4.78 is 11.2. The van der Waals surface area contributed by atoms with E-state index in [1.165, 1.54) is 6.42 Å². The third-order valence-corrected chi connectivity index (χ3v) is 4.21. The summed E-state index contributed by atoms with van der Waals surface area (Å²) in [6.45, 7) is 3.99. The Kier molecular flexibility index (Phi) is 4.82. The van der Waals surface area contributed by atoms with Crippen molar-refractivity contribution in [3.63, 3.8) is 0 Å². The molecular formula is C16H24ClNO2. The Morgan fingerprint density at radius 3 is 2.35 bits per heavy atom. The predicted molar refractivity (Wildman–Crippen MR) is 82.7 cm³/mol. The molecule has 0 unspecified atom stereocenters. The molecule has 1 fully saturated rings. The van der Waals surface area contributed by atoms with Crippen molar-refractivity contribution in [2.24, 2.45) is 5.73 Å². The van der Waals surface area contributed by atoms with Crippen molar-refractivity contribution in [2.45, 2.75) is 57.6 Å². The van der Waals surface area contributed by atoms with Crippen molar-refractivity contribution < 1.29 is 9.47 Å². The fourth-order valence-corrected chi connectivity index (χ4v) is 3.22. The maximum Gasteiger partial charge on any atom is 0.162 e. The zero-order chi connectivity index (χ0) is 14.8. The fraction of sp³-hybridized carbons (Fsp3) is 0.625. The smallest absolute Gasteiger partial charge is 0.162 e. The summed E-state index contributed by atoms with van der Waals surface area (Å²) in [5, 5.41) is 0.669. The summed E-state index contributed by atoms with van der Waals surface area (Å²) in [5.74, 6) is 1.38. The first kappa shape index (κ1) is 15.5. The number of halogens is 1. The Morgan fingerprint density at radius 1 is 1.15 bits per heavy atom. The second kappa shape index (κ2) is 6.23. The van der Waals surface area contributed by atoms with Crippen LogP contribution >= 0.6 is 11.6 Å². The molecule has 1 saturated carbocycles. The van der Waals surface area contributed by atoms with E-state index in [2.05, 4.69) is 0 Å². The van der Waals surface area contributed by atoms with Crippen molar-refractivity contribution in [3.05, 3.63) is 22.7 Å². The summed E-state index contributed by atoms with van der Waals surface area (Å²) in [4.78, 5) is 0. The van der Waals surface area contributed by atoms with Gasteiger partial charge in [-0.1, -0.05) is 30.9 Å². The van der Waals surface area contributed by atoms with Gasteiger partial charge in [-0.15, -0.1) is 0 Å². The molecule has 0 heterocycles. The van der Waals surface area contributed by atoms with Gasteiger partial charge in [0.05, 0.1) is 13.2 Å². The number of nitrogens with two attached hydrogens (primary N) is 1. The lowest BCUT2D eigenvalue weighted by Crippen LogP contribution is -2.38. The van der Waals surface area contributed by atoms with E-state index in [1.54, 1.807) is 7.11 Å². The molecule has 0 atom stereocenters. The first-order valence-corrected chi connectivity index (χ1v) is 7.67. The van der Waals surface area contributed by atoms with Gasteiger partial charge in [0.2, 0.25) is 0 Å². The fourth-order valence-electron chi connectivity index (χ4n) is 2.87. The molecule has 3 nitrogen and oxygen atoms in total. The first-order chi connectivity index (χ1) is 9.46. The third-order valence-electron chi connectivity index (χ3n) is 3.90. The normalized spacial score (nSPS) is 18.1. The molecule has 0 saturated heterocycles. The van der Waals surface area contributed by atoms with Crippen LogP contribution in [-0.2, 0) is 5.54 Å². The van der Waals surface area contributed by atoms with Crippen LogP contribution < -0.4 is 15.2 Å². The topological polar surface area (TPSA) is 44.5 Å². The van der Waals surface area contributed by atoms with Crippen LogP contribution in [0, 0.1) is 0 Å². The van der Waals surface area contributed by atoms with Crippen molar-refractivity contribution >= 4 is 11.6 Å². The second-order valence-electron chi connectivity index (χ2n) is 5.87. The van der Waals surface area contributed by atoms with Crippen molar-refractivity contribution in [1.29, 1.82) is 0 Å². The Morgan fingerprint density at radius 2 is 1.80 bits per heavy atom. The second-order valence-corrected chi connectivity index (χ2v) is 6.27. The molecule has 1 aliphatic carbocycles. The van der Waals surface area contributed by atoms with Crippen LogP contribution in [0.5, 0.6) is 11.5 Å². The third kappa shape index (κ3) is 3.21. The van der Waals surface area contributed by atoms with E-state index in [4.69, 9.17) is 26.8 Å². The van der Waals surface area contributed by atoms with E-state index in [0.29, 0.717) is 10.8 Å². The van der Waals surface area contributed by atoms with Crippen LogP contribution in [0.2, 0.25) is 5.02 Å². The quantitative estimate of drug-likeness (QED) is 0.903. The Labute approximate surface area is 126 Å². The number of hydrogen-bond donors (Lipinski definition) is 1. The van der Waals surface area contributed by atoms with Crippen molar-refractivity contribution in [3.8, 4) is 11.5 Å². The molecular weight excluding hydrogens is 274 g/mol. The molecule has 4 heteroatoms.